The highest BCUT2D eigenvalue weighted by Gasteiger charge is 1.99. The molecule has 1 aromatic rings. The van der Waals surface area contributed by atoms with Crippen molar-refractivity contribution in [1.82, 2.24) is 0 Å². The van der Waals surface area contributed by atoms with Crippen molar-refractivity contribution in [3.05, 3.63) is 34.8 Å². The second kappa shape index (κ2) is 4.32. The van der Waals surface area contributed by atoms with E-state index in [1.807, 2.05) is 24.3 Å². The van der Waals surface area contributed by atoms with Crippen molar-refractivity contribution >= 4 is 18.0 Å². The fraction of sp³-hybridized carbons (Fsp3) is 0.100. The van der Waals surface area contributed by atoms with E-state index >= 15 is 0 Å². The van der Waals surface area contributed by atoms with Crippen LogP contribution in [0.3, 0.4) is 0 Å². The minimum Gasteiger partial charge on any atom is -0.481 e. The Morgan fingerprint density at radius 3 is 2.50 bits per heavy atom. The van der Waals surface area contributed by atoms with Crippen LogP contribution in [-0.2, 0) is 9.59 Å². The van der Waals surface area contributed by atoms with E-state index in [9.17, 15) is 4.79 Å². The zero-order valence-electron chi connectivity index (χ0n) is 7.60. The zero-order valence-corrected chi connectivity index (χ0v) is 7.60. The monoisotopic (exact) mass is 191 g/mol. The molecule has 0 radical (unpaired) electrons. The van der Waals surface area contributed by atoms with Gasteiger partial charge in [-0.2, -0.15) is 0 Å². The summed E-state index contributed by atoms with van der Waals surface area (Å²) >= 11 is 0. The second-order valence-electron chi connectivity index (χ2n) is 2.67. The summed E-state index contributed by atoms with van der Waals surface area (Å²) in [6.07, 6.45) is 1.54. The summed E-state index contributed by atoms with van der Waals surface area (Å²) in [5.41, 5.74) is 0. The molecule has 1 aliphatic rings. The molecule has 2 rings (SSSR count). The summed E-state index contributed by atoms with van der Waals surface area (Å²) in [4.78, 5) is 23.4. The molecule has 72 valence electrons. The lowest BCUT2D eigenvalue weighted by molar-refractivity contribution is -0.134. The number of carbonyl (C=O) groups is 2. The standard InChI is InChI=1S/C8H5NO.C2H4O2/c10-8-5-6-3-1-2-4-7(6)9-8;1-2(3)4/h1-5H;1H3,(H,3,4). The molecule has 0 saturated carbocycles. The van der Waals surface area contributed by atoms with Gasteiger partial charge in [-0.05, 0) is 6.07 Å². The van der Waals surface area contributed by atoms with Crippen molar-refractivity contribution in [2.45, 2.75) is 6.92 Å². The Bertz CT molecular complexity index is 435. The lowest BCUT2D eigenvalue weighted by atomic mass is 10.3. The average Bonchev–Trinajstić information content (AvgIpc) is 2.42. The molecule has 0 aromatic heterocycles. The maximum atomic E-state index is 10.7. The normalized spacial score (nSPS) is 11.6. The maximum absolute atomic E-state index is 10.7. The van der Waals surface area contributed by atoms with Gasteiger partial charge in [0, 0.05) is 18.2 Å². The molecule has 1 amide bonds. The summed E-state index contributed by atoms with van der Waals surface area (Å²) in [6, 6.07) is 7.47. The van der Waals surface area contributed by atoms with E-state index in [2.05, 4.69) is 4.99 Å². The van der Waals surface area contributed by atoms with Gasteiger partial charge in [0.15, 0.2) is 0 Å². The molecule has 0 bridgehead atoms. The Balaban J connectivity index is 0.000000213. The van der Waals surface area contributed by atoms with Crippen molar-refractivity contribution in [2.24, 2.45) is 4.99 Å². The summed E-state index contributed by atoms with van der Waals surface area (Å²) in [6.45, 7) is 1.08. The molecule has 1 aliphatic heterocycles. The van der Waals surface area contributed by atoms with Crippen LogP contribution in [0.1, 0.15) is 6.92 Å². The number of rotatable bonds is 0. The SMILES string of the molecule is CC(=O)O.O=C1C=c2ccccc2=N1. The molecule has 14 heavy (non-hydrogen) atoms. The summed E-state index contributed by atoms with van der Waals surface area (Å²) in [7, 11) is 0. The molecule has 4 nitrogen and oxygen atoms in total. The smallest absolute Gasteiger partial charge is 0.300 e. The molecule has 0 aliphatic carbocycles. The van der Waals surface area contributed by atoms with Gasteiger partial charge < -0.3 is 5.11 Å². The third-order valence-corrected chi connectivity index (χ3v) is 1.45. The number of hydrogen-bond donors (Lipinski definition) is 1. The van der Waals surface area contributed by atoms with Crippen molar-refractivity contribution in [1.29, 1.82) is 0 Å². The van der Waals surface area contributed by atoms with Gasteiger partial charge in [-0.1, -0.05) is 18.2 Å². The van der Waals surface area contributed by atoms with E-state index in [1.54, 1.807) is 0 Å². The predicted molar refractivity (Wildman–Crippen MR) is 50.0 cm³/mol. The van der Waals surface area contributed by atoms with E-state index in [-0.39, 0.29) is 5.91 Å². The number of carboxylic acids is 1. The van der Waals surface area contributed by atoms with Gasteiger partial charge in [-0.15, -0.1) is 0 Å². The van der Waals surface area contributed by atoms with E-state index in [1.165, 1.54) is 6.08 Å². The fourth-order valence-electron chi connectivity index (χ4n) is 0.995. The van der Waals surface area contributed by atoms with Crippen molar-refractivity contribution < 1.29 is 14.7 Å². The van der Waals surface area contributed by atoms with Crippen LogP contribution in [0.5, 0.6) is 0 Å². The van der Waals surface area contributed by atoms with Gasteiger partial charge in [0.1, 0.15) is 0 Å². The van der Waals surface area contributed by atoms with Crippen LogP contribution in [0.15, 0.2) is 29.3 Å². The van der Waals surface area contributed by atoms with Gasteiger partial charge in [-0.25, -0.2) is 4.99 Å². The van der Waals surface area contributed by atoms with Gasteiger partial charge in [-0.3, -0.25) is 9.59 Å². The van der Waals surface area contributed by atoms with Crippen molar-refractivity contribution in [3.63, 3.8) is 0 Å². The number of aliphatic carboxylic acids is 1. The molecule has 0 fully saturated rings. The van der Waals surface area contributed by atoms with Crippen LogP contribution >= 0.6 is 0 Å². The summed E-state index contributed by atoms with van der Waals surface area (Å²) in [5, 5.41) is 9.12. The lowest BCUT2D eigenvalue weighted by Crippen LogP contribution is -2.19. The number of fused-ring (bicyclic) bond motifs is 1. The van der Waals surface area contributed by atoms with E-state index in [0.717, 1.165) is 17.5 Å². The topological polar surface area (TPSA) is 66.7 Å². The predicted octanol–water partition coefficient (Wildman–Crippen LogP) is -0.282. The lowest BCUT2D eigenvalue weighted by Gasteiger charge is -1.77. The number of hydrogen-bond acceptors (Lipinski definition) is 2. The first-order valence-electron chi connectivity index (χ1n) is 3.98. The summed E-state index contributed by atoms with van der Waals surface area (Å²) < 4.78 is 0. The fourth-order valence-corrected chi connectivity index (χ4v) is 0.995. The van der Waals surface area contributed by atoms with Crippen LogP contribution in [-0.4, -0.2) is 17.0 Å². The molecule has 4 heteroatoms. The van der Waals surface area contributed by atoms with E-state index < -0.39 is 5.97 Å². The first-order valence-corrected chi connectivity index (χ1v) is 3.98. The Hall–Kier alpha value is -1.97. The Morgan fingerprint density at radius 2 is 1.93 bits per heavy atom. The number of carbonyl (C=O) groups excluding carboxylic acids is 1. The zero-order chi connectivity index (χ0) is 10.6. The quantitative estimate of drug-likeness (QED) is 0.613. The molecule has 0 saturated heterocycles. The molecule has 0 atom stereocenters. The number of para-hydroxylation sites is 1. The Kier molecular flexibility index (Phi) is 3.12. The number of benzene rings is 1. The van der Waals surface area contributed by atoms with Crippen LogP contribution in [0, 0.1) is 0 Å². The van der Waals surface area contributed by atoms with Gasteiger partial charge in [0.2, 0.25) is 0 Å². The van der Waals surface area contributed by atoms with E-state index in [0.29, 0.717) is 0 Å². The largest absolute Gasteiger partial charge is 0.481 e. The number of amides is 1. The molecule has 0 unspecified atom stereocenters. The Labute approximate surface area is 80.2 Å². The molecular formula is C10H9NO3. The van der Waals surface area contributed by atoms with Crippen molar-refractivity contribution in [3.8, 4) is 0 Å². The van der Waals surface area contributed by atoms with E-state index in [4.69, 9.17) is 9.90 Å². The Morgan fingerprint density at radius 1 is 1.36 bits per heavy atom. The highest BCUT2D eigenvalue weighted by molar-refractivity contribution is 6.06. The molecule has 1 heterocycles. The first kappa shape index (κ1) is 10.1. The van der Waals surface area contributed by atoms with Crippen LogP contribution in [0.4, 0.5) is 0 Å². The third-order valence-electron chi connectivity index (χ3n) is 1.45. The van der Waals surface area contributed by atoms with Crippen LogP contribution in [0.2, 0.25) is 0 Å². The van der Waals surface area contributed by atoms with Gasteiger partial charge in [0.05, 0.1) is 5.36 Å². The molecule has 1 N–H and O–H groups in total. The minimum atomic E-state index is -0.833. The minimum absolute atomic E-state index is 0.152. The maximum Gasteiger partial charge on any atom is 0.300 e. The number of nitrogens with zero attached hydrogens (tertiary/aromatic N) is 1. The van der Waals surface area contributed by atoms with Crippen LogP contribution < -0.4 is 10.6 Å². The highest BCUT2D eigenvalue weighted by Crippen LogP contribution is 1.81. The number of carboxylic acid groups (broad SMARTS) is 1. The molecular weight excluding hydrogens is 182 g/mol. The van der Waals surface area contributed by atoms with Crippen molar-refractivity contribution in [2.75, 3.05) is 0 Å². The summed E-state index contributed by atoms with van der Waals surface area (Å²) in [5.74, 6) is -0.985. The average molecular weight is 191 g/mol. The van der Waals surface area contributed by atoms with Crippen LogP contribution in [0.25, 0.3) is 6.08 Å². The van der Waals surface area contributed by atoms with Gasteiger partial charge >= 0.3 is 0 Å². The second-order valence-corrected chi connectivity index (χ2v) is 2.67. The third kappa shape index (κ3) is 2.82. The van der Waals surface area contributed by atoms with Gasteiger partial charge in [0.25, 0.3) is 11.9 Å². The first-order chi connectivity index (χ1) is 6.59. The molecule has 0 spiro atoms. The molecule has 1 aromatic carbocycles. The highest BCUT2D eigenvalue weighted by atomic mass is 16.4.